The zero-order chi connectivity index (χ0) is 20.3. The van der Waals surface area contributed by atoms with Crippen LogP contribution in [0.15, 0.2) is 54.6 Å². The third-order valence-corrected chi connectivity index (χ3v) is 6.76. The van der Waals surface area contributed by atoms with E-state index in [0.29, 0.717) is 11.6 Å². The van der Waals surface area contributed by atoms with Crippen molar-refractivity contribution in [2.24, 2.45) is 17.8 Å². The normalized spacial score (nSPS) is 26.3. The van der Waals surface area contributed by atoms with E-state index in [4.69, 9.17) is 0 Å². The minimum Gasteiger partial charge on any atom is -0.357 e. The Labute approximate surface area is 170 Å². The highest BCUT2D eigenvalue weighted by atomic mass is 16.2. The molecule has 5 rings (SSSR count). The summed E-state index contributed by atoms with van der Waals surface area (Å²) in [5.74, 6) is -0.0453. The number of para-hydroxylation sites is 2. The van der Waals surface area contributed by atoms with Gasteiger partial charge in [-0.05, 0) is 47.9 Å². The van der Waals surface area contributed by atoms with Crippen LogP contribution in [0.3, 0.4) is 0 Å². The number of hydrogen-bond donors (Lipinski definition) is 1. The van der Waals surface area contributed by atoms with Crippen molar-refractivity contribution in [1.82, 2.24) is 4.98 Å². The van der Waals surface area contributed by atoms with Crippen LogP contribution in [0.25, 0.3) is 10.9 Å². The predicted octanol–water partition coefficient (Wildman–Crippen LogP) is 5.22. The Balaban J connectivity index is 1.72. The van der Waals surface area contributed by atoms with Crippen molar-refractivity contribution >= 4 is 28.4 Å². The molecule has 2 amide bonds. The van der Waals surface area contributed by atoms with Gasteiger partial charge in [-0.25, -0.2) is 4.90 Å². The average Bonchev–Trinajstić information content (AvgIpc) is 3.21. The molecule has 148 valence electrons. The van der Waals surface area contributed by atoms with Crippen LogP contribution in [0.1, 0.15) is 50.3 Å². The van der Waals surface area contributed by atoms with Gasteiger partial charge < -0.3 is 4.98 Å². The maximum Gasteiger partial charge on any atom is 0.243 e. The van der Waals surface area contributed by atoms with Gasteiger partial charge in [-0.15, -0.1) is 0 Å². The van der Waals surface area contributed by atoms with E-state index in [1.54, 1.807) is 0 Å². The number of fused-ring (bicyclic) bond motifs is 5. The lowest BCUT2D eigenvalue weighted by Crippen LogP contribution is -2.36. The SMILES string of the molecule is CC(C)C[C@H]1[C@H]2C(=O)N(c3ccccc3)C(=O)[C@H]2c2[nH]c3ccccc3c2[C@H]1C. The summed E-state index contributed by atoms with van der Waals surface area (Å²) in [7, 11) is 0. The summed E-state index contributed by atoms with van der Waals surface area (Å²) in [6.07, 6.45) is 0.933. The van der Waals surface area contributed by atoms with E-state index < -0.39 is 5.92 Å². The Morgan fingerprint density at radius 1 is 0.966 bits per heavy atom. The Bertz CT molecular complexity index is 1100. The number of amides is 2. The fourth-order valence-electron chi connectivity index (χ4n) is 5.60. The van der Waals surface area contributed by atoms with Crippen LogP contribution in [0.2, 0.25) is 0 Å². The Morgan fingerprint density at radius 3 is 2.38 bits per heavy atom. The highest BCUT2D eigenvalue weighted by Gasteiger charge is 2.57. The first kappa shape index (κ1) is 18.2. The number of nitrogens with zero attached hydrogens (tertiary/aromatic N) is 1. The van der Waals surface area contributed by atoms with Crippen molar-refractivity contribution in [2.75, 3.05) is 4.90 Å². The van der Waals surface area contributed by atoms with Crippen LogP contribution in [0, 0.1) is 17.8 Å². The first-order chi connectivity index (χ1) is 14.0. The molecule has 0 spiro atoms. The van der Waals surface area contributed by atoms with Gasteiger partial charge in [0.25, 0.3) is 0 Å². The minimum atomic E-state index is -0.426. The lowest BCUT2D eigenvalue weighted by atomic mass is 9.64. The molecule has 1 aliphatic heterocycles. The molecule has 4 heteroatoms. The molecule has 3 aromatic rings. The van der Waals surface area contributed by atoms with E-state index in [1.807, 2.05) is 42.5 Å². The van der Waals surface area contributed by atoms with E-state index in [-0.39, 0.29) is 29.6 Å². The highest BCUT2D eigenvalue weighted by Crippen LogP contribution is 2.54. The first-order valence-electron chi connectivity index (χ1n) is 10.5. The van der Waals surface area contributed by atoms with Crippen molar-refractivity contribution in [3.63, 3.8) is 0 Å². The Hall–Kier alpha value is -2.88. The maximum atomic E-state index is 13.6. The topological polar surface area (TPSA) is 53.2 Å². The molecule has 1 aromatic heterocycles. The van der Waals surface area contributed by atoms with E-state index in [9.17, 15) is 9.59 Å². The van der Waals surface area contributed by atoms with Crippen molar-refractivity contribution < 1.29 is 9.59 Å². The molecule has 1 N–H and O–H groups in total. The number of H-pyrrole nitrogens is 1. The van der Waals surface area contributed by atoms with Crippen LogP contribution in [-0.2, 0) is 9.59 Å². The Morgan fingerprint density at radius 2 is 1.66 bits per heavy atom. The first-order valence-corrected chi connectivity index (χ1v) is 10.5. The number of imide groups is 1. The van der Waals surface area contributed by atoms with Gasteiger partial charge in [-0.1, -0.05) is 57.2 Å². The predicted molar refractivity (Wildman–Crippen MR) is 115 cm³/mol. The fourth-order valence-corrected chi connectivity index (χ4v) is 5.60. The van der Waals surface area contributed by atoms with Gasteiger partial charge in [0.1, 0.15) is 0 Å². The fraction of sp³-hybridized carbons (Fsp3) is 0.360. The summed E-state index contributed by atoms with van der Waals surface area (Å²) in [5.41, 5.74) is 3.89. The molecule has 1 fully saturated rings. The molecule has 4 atom stereocenters. The number of hydrogen-bond acceptors (Lipinski definition) is 2. The number of benzene rings is 2. The molecule has 1 aliphatic carbocycles. The standard InChI is InChI=1S/C25H26N2O2/c1-14(2)13-18-15(3)20-17-11-7-8-12-19(17)26-23(20)22-21(18)24(28)27(25(22)29)16-9-5-4-6-10-16/h4-12,14-15,18,21-22,26H,13H2,1-3H3/t15-,18+,21+,22+/m0/s1. The molecular formula is C25H26N2O2. The summed E-state index contributed by atoms with van der Waals surface area (Å²) < 4.78 is 0. The molecular weight excluding hydrogens is 360 g/mol. The second kappa shape index (κ2) is 6.58. The van der Waals surface area contributed by atoms with Gasteiger partial charge in [0.15, 0.2) is 0 Å². The number of rotatable bonds is 3. The van der Waals surface area contributed by atoms with Crippen molar-refractivity contribution in [3.05, 3.63) is 65.9 Å². The zero-order valence-corrected chi connectivity index (χ0v) is 17.1. The largest absolute Gasteiger partial charge is 0.357 e. The zero-order valence-electron chi connectivity index (χ0n) is 17.1. The van der Waals surface area contributed by atoms with E-state index in [0.717, 1.165) is 17.6 Å². The summed E-state index contributed by atoms with van der Waals surface area (Å²) in [4.78, 5) is 32.2. The molecule has 2 aromatic carbocycles. The van der Waals surface area contributed by atoms with Crippen LogP contribution >= 0.6 is 0 Å². The molecule has 29 heavy (non-hydrogen) atoms. The van der Waals surface area contributed by atoms with Crippen LogP contribution in [0.4, 0.5) is 5.69 Å². The van der Waals surface area contributed by atoms with Crippen molar-refractivity contribution in [3.8, 4) is 0 Å². The number of aromatic nitrogens is 1. The second-order valence-corrected chi connectivity index (χ2v) is 8.93. The smallest absolute Gasteiger partial charge is 0.243 e. The monoisotopic (exact) mass is 386 g/mol. The Kier molecular flexibility index (Phi) is 4.12. The summed E-state index contributed by atoms with van der Waals surface area (Å²) in [6.45, 7) is 6.62. The second-order valence-electron chi connectivity index (χ2n) is 8.93. The summed E-state index contributed by atoms with van der Waals surface area (Å²) in [6, 6.07) is 17.6. The molecule has 0 radical (unpaired) electrons. The number of aromatic amines is 1. The van der Waals surface area contributed by atoms with Crippen molar-refractivity contribution in [1.29, 1.82) is 0 Å². The van der Waals surface area contributed by atoms with Crippen LogP contribution < -0.4 is 4.90 Å². The number of anilines is 1. The lowest BCUT2D eigenvalue weighted by Gasteiger charge is -2.37. The maximum absolute atomic E-state index is 13.6. The molecule has 0 unspecified atom stereocenters. The number of carbonyl (C=O) groups is 2. The van der Waals surface area contributed by atoms with Gasteiger partial charge in [-0.3, -0.25) is 9.59 Å². The highest BCUT2D eigenvalue weighted by molar-refractivity contribution is 6.24. The van der Waals surface area contributed by atoms with Gasteiger partial charge in [0.2, 0.25) is 11.8 Å². The van der Waals surface area contributed by atoms with Crippen LogP contribution in [0.5, 0.6) is 0 Å². The van der Waals surface area contributed by atoms with E-state index in [1.165, 1.54) is 15.8 Å². The third kappa shape index (κ3) is 2.58. The summed E-state index contributed by atoms with van der Waals surface area (Å²) in [5, 5.41) is 1.18. The van der Waals surface area contributed by atoms with Gasteiger partial charge in [-0.2, -0.15) is 0 Å². The third-order valence-electron chi connectivity index (χ3n) is 6.76. The van der Waals surface area contributed by atoms with Gasteiger partial charge in [0.05, 0.1) is 17.5 Å². The molecule has 0 bridgehead atoms. The average molecular weight is 386 g/mol. The molecule has 1 saturated heterocycles. The lowest BCUT2D eigenvalue weighted by molar-refractivity contribution is -0.123. The molecule has 2 heterocycles. The van der Waals surface area contributed by atoms with Gasteiger partial charge >= 0.3 is 0 Å². The van der Waals surface area contributed by atoms with Crippen molar-refractivity contribution in [2.45, 2.75) is 39.0 Å². The molecule has 4 nitrogen and oxygen atoms in total. The molecule has 2 aliphatic rings. The van der Waals surface area contributed by atoms with E-state index >= 15 is 0 Å². The quantitative estimate of drug-likeness (QED) is 0.628. The summed E-state index contributed by atoms with van der Waals surface area (Å²) >= 11 is 0. The number of nitrogens with one attached hydrogen (secondary N) is 1. The minimum absolute atomic E-state index is 0.0481. The van der Waals surface area contributed by atoms with Gasteiger partial charge in [0, 0.05) is 16.6 Å². The van der Waals surface area contributed by atoms with E-state index in [2.05, 4.69) is 37.9 Å². The number of carbonyl (C=O) groups excluding carboxylic acids is 2. The molecule has 0 saturated carbocycles. The van der Waals surface area contributed by atoms with Crippen LogP contribution in [-0.4, -0.2) is 16.8 Å².